The molecule has 0 fully saturated rings. The number of aryl methyl sites for hydroxylation is 3. The van der Waals surface area contributed by atoms with Crippen LogP contribution in [0.4, 0.5) is 5.69 Å². The van der Waals surface area contributed by atoms with Crippen molar-refractivity contribution in [3.63, 3.8) is 0 Å². The fourth-order valence-electron chi connectivity index (χ4n) is 3.97. The van der Waals surface area contributed by atoms with Crippen LogP contribution in [0.1, 0.15) is 27.8 Å². The summed E-state index contributed by atoms with van der Waals surface area (Å²) in [5, 5.41) is 0. The van der Waals surface area contributed by atoms with Crippen molar-refractivity contribution in [2.24, 2.45) is 0 Å². The Balaban J connectivity index is 1.83. The first-order valence-corrected chi connectivity index (χ1v) is 10.4. The van der Waals surface area contributed by atoms with Crippen molar-refractivity contribution in [1.82, 2.24) is 4.90 Å². The van der Waals surface area contributed by atoms with Crippen LogP contribution >= 0.6 is 0 Å². The monoisotopic (exact) mass is 410 g/mol. The molecule has 0 saturated heterocycles. The standard InChI is InChI=1S/C27H26N2O2/c1-18-9-8-12-23(15-18)29-26(30)24(22-14-13-19(2)20(3)16-22)25(27(29)31)28(4)17-21-10-6-5-7-11-21/h5-16H,17H2,1-4H3. The Kier molecular flexibility index (Phi) is 5.47. The lowest BCUT2D eigenvalue weighted by Gasteiger charge is -2.22. The summed E-state index contributed by atoms with van der Waals surface area (Å²) in [6.07, 6.45) is 0. The van der Waals surface area contributed by atoms with Crippen molar-refractivity contribution in [1.29, 1.82) is 0 Å². The number of amides is 2. The van der Waals surface area contributed by atoms with Gasteiger partial charge in [0.25, 0.3) is 11.8 Å². The normalized spacial score (nSPS) is 13.9. The number of carbonyl (C=O) groups is 2. The van der Waals surface area contributed by atoms with E-state index in [1.165, 1.54) is 4.90 Å². The minimum absolute atomic E-state index is 0.284. The summed E-state index contributed by atoms with van der Waals surface area (Å²) in [6.45, 7) is 6.54. The third-order valence-electron chi connectivity index (χ3n) is 5.76. The van der Waals surface area contributed by atoms with E-state index in [-0.39, 0.29) is 11.8 Å². The third-order valence-corrected chi connectivity index (χ3v) is 5.76. The molecule has 4 heteroatoms. The van der Waals surface area contributed by atoms with Gasteiger partial charge in [0.2, 0.25) is 0 Å². The molecule has 31 heavy (non-hydrogen) atoms. The summed E-state index contributed by atoms with van der Waals surface area (Å²) < 4.78 is 0. The zero-order valence-electron chi connectivity index (χ0n) is 18.3. The maximum Gasteiger partial charge on any atom is 0.282 e. The van der Waals surface area contributed by atoms with Crippen LogP contribution in [-0.4, -0.2) is 23.8 Å². The van der Waals surface area contributed by atoms with Crippen molar-refractivity contribution >= 4 is 23.1 Å². The molecule has 0 spiro atoms. The van der Waals surface area contributed by atoms with E-state index in [4.69, 9.17) is 0 Å². The number of carbonyl (C=O) groups excluding carboxylic acids is 2. The van der Waals surface area contributed by atoms with Crippen LogP contribution in [0.15, 0.2) is 78.5 Å². The van der Waals surface area contributed by atoms with Crippen molar-refractivity contribution < 1.29 is 9.59 Å². The van der Waals surface area contributed by atoms with Crippen molar-refractivity contribution in [2.75, 3.05) is 11.9 Å². The lowest BCUT2D eigenvalue weighted by Crippen LogP contribution is -2.34. The summed E-state index contributed by atoms with van der Waals surface area (Å²) >= 11 is 0. The second-order valence-corrected chi connectivity index (χ2v) is 8.15. The molecule has 4 nitrogen and oxygen atoms in total. The lowest BCUT2D eigenvalue weighted by molar-refractivity contribution is -0.120. The van der Waals surface area contributed by atoms with Gasteiger partial charge in [-0.1, -0.05) is 60.7 Å². The first-order chi connectivity index (χ1) is 14.9. The summed E-state index contributed by atoms with van der Waals surface area (Å²) in [7, 11) is 1.87. The second kappa shape index (κ2) is 8.23. The Morgan fingerprint density at radius 1 is 0.774 bits per heavy atom. The van der Waals surface area contributed by atoms with Gasteiger partial charge in [-0.25, -0.2) is 4.90 Å². The molecule has 2 amide bonds. The first-order valence-electron chi connectivity index (χ1n) is 10.4. The van der Waals surface area contributed by atoms with Gasteiger partial charge in [-0.15, -0.1) is 0 Å². The highest BCUT2D eigenvalue weighted by atomic mass is 16.2. The van der Waals surface area contributed by atoms with Crippen LogP contribution in [0.25, 0.3) is 5.57 Å². The lowest BCUT2D eigenvalue weighted by atomic mass is 9.99. The zero-order valence-corrected chi connectivity index (χ0v) is 18.3. The molecule has 0 saturated carbocycles. The fraction of sp³-hybridized carbons (Fsp3) is 0.185. The zero-order chi connectivity index (χ0) is 22.1. The Morgan fingerprint density at radius 2 is 1.52 bits per heavy atom. The van der Waals surface area contributed by atoms with Gasteiger partial charge in [-0.3, -0.25) is 9.59 Å². The first kappa shape index (κ1) is 20.6. The van der Waals surface area contributed by atoms with Crippen LogP contribution in [0.2, 0.25) is 0 Å². The summed E-state index contributed by atoms with van der Waals surface area (Å²) in [4.78, 5) is 30.4. The maximum atomic E-state index is 13.6. The van der Waals surface area contributed by atoms with E-state index >= 15 is 0 Å². The van der Waals surface area contributed by atoms with Gasteiger partial charge in [0.05, 0.1) is 11.3 Å². The maximum absolute atomic E-state index is 13.6. The molecule has 0 radical (unpaired) electrons. The molecule has 1 aliphatic heterocycles. The summed E-state index contributed by atoms with van der Waals surface area (Å²) in [6, 6.07) is 23.4. The van der Waals surface area contributed by atoms with Gasteiger partial charge in [-0.2, -0.15) is 0 Å². The summed E-state index contributed by atoms with van der Waals surface area (Å²) in [5.74, 6) is -0.573. The van der Waals surface area contributed by atoms with E-state index in [1.54, 1.807) is 6.07 Å². The Morgan fingerprint density at radius 3 is 2.19 bits per heavy atom. The molecular formula is C27H26N2O2. The van der Waals surface area contributed by atoms with Crippen molar-refractivity contribution in [3.05, 3.63) is 106 Å². The van der Waals surface area contributed by atoms with E-state index in [9.17, 15) is 9.59 Å². The van der Waals surface area contributed by atoms with E-state index in [0.29, 0.717) is 23.5 Å². The summed E-state index contributed by atoms with van der Waals surface area (Å²) in [5.41, 5.74) is 6.56. The molecule has 156 valence electrons. The fourth-order valence-corrected chi connectivity index (χ4v) is 3.97. The van der Waals surface area contributed by atoms with Crippen LogP contribution in [-0.2, 0) is 16.1 Å². The second-order valence-electron chi connectivity index (χ2n) is 8.15. The van der Waals surface area contributed by atoms with Crippen molar-refractivity contribution in [2.45, 2.75) is 27.3 Å². The predicted octanol–water partition coefficient (Wildman–Crippen LogP) is 5.03. The SMILES string of the molecule is Cc1cccc(N2C(=O)C(c3ccc(C)c(C)c3)=C(N(C)Cc3ccccc3)C2=O)c1. The third kappa shape index (κ3) is 3.89. The minimum atomic E-state index is -0.290. The molecular weight excluding hydrogens is 384 g/mol. The minimum Gasteiger partial charge on any atom is -0.365 e. The number of hydrogen-bond acceptors (Lipinski definition) is 3. The van der Waals surface area contributed by atoms with Crippen LogP contribution in [0.5, 0.6) is 0 Å². The van der Waals surface area contributed by atoms with E-state index in [2.05, 4.69) is 0 Å². The highest BCUT2D eigenvalue weighted by Crippen LogP contribution is 2.35. The number of hydrogen-bond donors (Lipinski definition) is 0. The van der Waals surface area contributed by atoms with Gasteiger partial charge < -0.3 is 4.90 Å². The van der Waals surface area contributed by atoms with E-state index in [1.807, 2.05) is 99.4 Å². The molecule has 0 N–H and O–H groups in total. The molecule has 4 rings (SSSR count). The Bertz CT molecular complexity index is 1190. The molecule has 0 aliphatic carbocycles. The van der Waals surface area contributed by atoms with Gasteiger partial charge in [0, 0.05) is 13.6 Å². The largest absolute Gasteiger partial charge is 0.365 e. The van der Waals surface area contributed by atoms with Crippen LogP contribution in [0.3, 0.4) is 0 Å². The van der Waals surface area contributed by atoms with Crippen LogP contribution in [0, 0.1) is 20.8 Å². The number of anilines is 1. The van der Waals surface area contributed by atoms with Crippen molar-refractivity contribution in [3.8, 4) is 0 Å². The number of rotatable bonds is 5. The van der Waals surface area contributed by atoms with Gasteiger partial charge in [-0.05, 0) is 60.7 Å². The molecule has 0 unspecified atom stereocenters. The molecule has 0 bridgehead atoms. The molecule has 3 aromatic carbocycles. The Hall–Kier alpha value is -3.66. The Labute approximate surface area is 183 Å². The topological polar surface area (TPSA) is 40.6 Å². The number of nitrogens with zero attached hydrogens (tertiary/aromatic N) is 2. The predicted molar refractivity (Wildman–Crippen MR) is 124 cm³/mol. The molecule has 1 aliphatic rings. The number of likely N-dealkylation sites (N-methyl/N-ethyl adjacent to an activating group) is 1. The number of imide groups is 1. The molecule has 0 atom stereocenters. The highest BCUT2D eigenvalue weighted by molar-refractivity contribution is 6.45. The quantitative estimate of drug-likeness (QED) is 0.554. The number of benzene rings is 3. The highest BCUT2D eigenvalue weighted by Gasteiger charge is 2.41. The van der Waals surface area contributed by atoms with Gasteiger partial charge in [0.1, 0.15) is 5.70 Å². The average molecular weight is 411 g/mol. The van der Waals surface area contributed by atoms with Gasteiger partial charge >= 0.3 is 0 Å². The average Bonchev–Trinajstić information content (AvgIpc) is 3.01. The van der Waals surface area contributed by atoms with Gasteiger partial charge in [0.15, 0.2) is 0 Å². The molecule has 3 aromatic rings. The van der Waals surface area contributed by atoms with E-state index in [0.717, 1.165) is 27.8 Å². The van der Waals surface area contributed by atoms with Crippen LogP contribution < -0.4 is 4.90 Å². The molecule has 0 aromatic heterocycles. The molecule has 1 heterocycles. The van der Waals surface area contributed by atoms with E-state index < -0.39 is 0 Å². The smallest absolute Gasteiger partial charge is 0.282 e.